The molecule has 3 heteroatoms. The molecule has 0 spiro atoms. The minimum Gasteiger partial charge on any atom is -0.380 e. The number of ether oxygens (including phenoxy) is 1. The highest BCUT2D eigenvalue weighted by molar-refractivity contribution is 5.57. The minimum atomic E-state index is 0.569. The van der Waals surface area contributed by atoms with Gasteiger partial charge in [0.05, 0.1) is 6.61 Å². The van der Waals surface area contributed by atoms with Gasteiger partial charge in [-0.05, 0) is 36.0 Å². The molecule has 1 aliphatic heterocycles. The summed E-state index contributed by atoms with van der Waals surface area (Å²) in [6, 6.07) is 7.08. The molecule has 1 fully saturated rings. The molecule has 2 rings (SSSR count). The van der Waals surface area contributed by atoms with E-state index in [1.165, 1.54) is 16.8 Å². The van der Waals surface area contributed by atoms with Crippen LogP contribution in [0, 0.1) is 0 Å². The number of nitrogens with zero attached hydrogens (tertiary/aromatic N) is 2. The predicted octanol–water partition coefficient (Wildman–Crippen LogP) is 4.09. The normalized spacial score (nSPS) is 16.6. The Kier molecular flexibility index (Phi) is 6.91. The van der Waals surface area contributed by atoms with Gasteiger partial charge in [-0.2, -0.15) is 0 Å². The highest BCUT2D eigenvalue weighted by Gasteiger charge is 2.20. The number of piperazine rings is 1. The third-order valence-electron chi connectivity index (χ3n) is 4.81. The summed E-state index contributed by atoms with van der Waals surface area (Å²) in [5.41, 5.74) is 4.39. The molecule has 0 aliphatic carbocycles. The summed E-state index contributed by atoms with van der Waals surface area (Å²) in [6.07, 6.45) is 0. The van der Waals surface area contributed by atoms with Gasteiger partial charge in [0.2, 0.25) is 0 Å². The molecule has 130 valence electrons. The first kappa shape index (κ1) is 18.3. The van der Waals surface area contributed by atoms with Crippen LogP contribution in [-0.4, -0.2) is 50.8 Å². The summed E-state index contributed by atoms with van der Waals surface area (Å²) in [5.74, 6) is 1.16. The van der Waals surface area contributed by atoms with E-state index in [0.717, 1.165) is 45.9 Å². The molecular formula is C20H34N2O. The Morgan fingerprint density at radius 3 is 2.26 bits per heavy atom. The Morgan fingerprint density at radius 2 is 1.70 bits per heavy atom. The van der Waals surface area contributed by atoms with Gasteiger partial charge in [-0.3, -0.25) is 4.90 Å². The molecular weight excluding hydrogens is 284 g/mol. The van der Waals surface area contributed by atoms with Gasteiger partial charge in [0.1, 0.15) is 0 Å². The molecule has 0 aromatic heterocycles. The van der Waals surface area contributed by atoms with Crippen LogP contribution in [0.1, 0.15) is 57.6 Å². The number of benzene rings is 1. The molecule has 1 aromatic carbocycles. The fourth-order valence-corrected chi connectivity index (χ4v) is 3.23. The summed E-state index contributed by atoms with van der Waals surface area (Å²) in [4.78, 5) is 5.08. The minimum absolute atomic E-state index is 0.569. The zero-order valence-electron chi connectivity index (χ0n) is 15.6. The van der Waals surface area contributed by atoms with E-state index in [9.17, 15) is 0 Å². The molecule has 0 radical (unpaired) electrons. The largest absolute Gasteiger partial charge is 0.380 e. The van der Waals surface area contributed by atoms with Crippen LogP contribution in [0.2, 0.25) is 0 Å². The molecule has 0 N–H and O–H groups in total. The third-order valence-corrected chi connectivity index (χ3v) is 4.81. The average Bonchev–Trinajstić information content (AvgIpc) is 2.55. The van der Waals surface area contributed by atoms with Crippen molar-refractivity contribution >= 4 is 5.69 Å². The van der Waals surface area contributed by atoms with Crippen LogP contribution in [0.25, 0.3) is 0 Å². The smallest absolute Gasteiger partial charge is 0.0593 e. The van der Waals surface area contributed by atoms with Crippen molar-refractivity contribution in [2.75, 3.05) is 50.8 Å². The molecule has 0 amide bonds. The van der Waals surface area contributed by atoms with Crippen molar-refractivity contribution in [3.8, 4) is 0 Å². The van der Waals surface area contributed by atoms with Gasteiger partial charge >= 0.3 is 0 Å². The van der Waals surface area contributed by atoms with Crippen LogP contribution in [0.4, 0.5) is 5.69 Å². The lowest BCUT2D eigenvalue weighted by molar-refractivity contribution is 0.111. The Labute approximate surface area is 142 Å². The topological polar surface area (TPSA) is 15.7 Å². The van der Waals surface area contributed by atoms with E-state index in [4.69, 9.17) is 4.74 Å². The van der Waals surface area contributed by atoms with E-state index < -0.39 is 0 Å². The van der Waals surface area contributed by atoms with Crippen molar-refractivity contribution in [3.63, 3.8) is 0 Å². The van der Waals surface area contributed by atoms with Crippen molar-refractivity contribution in [1.29, 1.82) is 0 Å². The molecule has 0 atom stereocenters. The summed E-state index contributed by atoms with van der Waals surface area (Å²) in [6.45, 7) is 18.5. The molecule has 0 unspecified atom stereocenters. The van der Waals surface area contributed by atoms with Crippen LogP contribution in [0.3, 0.4) is 0 Å². The zero-order valence-corrected chi connectivity index (χ0v) is 15.6. The van der Waals surface area contributed by atoms with Gasteiger partial charge in [0.25, 0.3) is 0 Å². The summed E-state index contributed by atoms with van der Waals surface area (Å²) in [7, 11) is 0. The van der Waals surface area contributed by atoms with E-state index in [-0.39, 0.29) is 0 Å². The molecule has 23 heavy (non-hydrogen) atoms. The second-order valence-electron chi connectivity index (χ2n) is 7.15. The first-order chi connectivity index (χ1) is 11.0. The van der Waals surface area contributed by atoms with Gasteiger partial charge in [-0.15, -0.1) is 0 Å². The number of hydrogen-bond acceptors (Lipinski definition) is 3. The van der Waals surface area contributed by atoms with Gasteiger partial charge in [-0.1, -0.05) is 39.8 Å². The predicted molar refractivity (Wildman–Crippen MR) is 99.8 cm³/mol. The van der Waals surface area contributed by atoms with Crippen molar-refractivity contribution in [2.24, 2.45) is 0 Å². The molecule has 3 nitrogen and oxygen atoms in total. The molecule has 1 aromatic rings. The Balaban J connectivity index is 2.02. The van der Waals surface area contributed by atoms with Crippen molar-refractivity contribution in [1.82, 2.24) is 4.90 Å². The van der Waals surface area contributed by atoms with Crippen molar-refractivity contribution in [2.45, 2.75) is 46.5 Å². The Morgan fingerprint density at radius 1 is 1.00 bits per heavy atom. The first-order valence-corrected chi connectivity index (χ1v) is 9.21. The Hall–Kier alpha value is -1.06. The highest BCUT2D eigenvalue weighted by Crippen LogP contribution is 2.31. The standard InChI is InChI=1S/C20H34N2O/c1-6-23-14-13-21-9-11-22(12-10-21)20-8-7-18(16(2)3)15-19(20)17(4)5/h7-8,15-17H,6,9-14H2,1-5H3. The third kappa shape index (κ3) is 4.95. The summed E-state index contributed by atoms with van der Waals surface area (Å²) >= 11 is 0. The molecule has 0 bridgehead atoms. The molecule has 1 saturated heterocycles. The van der Waals surface area contributed by atoms with Crippen LogP contribution in [-0.2, 0) is 4.74 Å². The van der Waals surface area contributed by atoms with Crippen LogP contribution in [0.5, 0.6) is 0 Å². The van der Waals surface area contributed by atoms with Gasteiger partial charge in [0, 0.05) is 45.0 Å². The maximum atomic E-state index is 5.48. The number of anilines is 1. The fourth-order valence-electron chi connectivity index (χ4n) is 3.23. The van der Waals surface area contributed by atoms with Crippen LogP contribution in [0.15, 0.2) is 18.2 Å². The van der Waals surface area contributed by atoms with Crippen molar-refractivity contribution < 1.29 is 4.74 Å². The molecule has 1 aliphatic rings. The fraction of sp³-hybridized carbons (Fsp3) is 0.700. The van der Waals surface area contributed by atoms with E-state index in [2.05, 4.69) is 62.6 Å². The van der Waals surface area contributed by atoms with Gasteiger partial charge < -0.3 is 9.64 Å². The lowest BCUT2D eigenvalue weighted by Crippen LogP contribution is -2.47. The van der Waals surface area contributed by atoms with Crippen LogP contribution >= 0.6 is 0 Å². The molecule has 0 saturated carbocycles. The Bertz CT molecular complexity index is 477. The lowest BCUT2D eigenvalue weighted by Gasteiger charge is -2.37. The summed E-state index contributed by atoms with van der Waals surface area (Å²) in [5, 5.41) is 0. The van der Waals surface area contributed by atoms with E-state index in [0.29, 0.717) is 11.8 Å². The van der Waals surface area contributed by atoms with Gasteiger partial charge in [-0.25, -0.2) is 0 Å². The zero-order chi connectivity index (χ0) is 16.8. The second-order valence-corrected chi connectivity index (χ2v) is 7.15. The van der Waals surface area contributed by atoms with E-state index >= 15 is 0 Å². The summed E-state index contributed by atoms with van der Waals surface area (Å²) < 4.78 is 5.48. The van der Waals surface area contributed by atoms with Gasteiger partial charge in [0.15, 0.2) is 0 Å². The molecule has 1 heterocycles. The SMILES string of the molecule is CCOCCN1CCN(c2ccc(C(C)C)cc2C(C)C)CC1. The highest BCUT2D eigenvalue weighted by atomic mass is 16.5. The van der Waals surface area contributed by atoms with Crippen LogP contribution < -0.4 is 4.90 Å². The maximum Gasteiger partial charge on any atom is 0.0593 e. The average molecular weight is 319 g/mol. The maximum absolute atomic E-state index is 5.48. The lowest BCUT2D eigenvalue weighted by atomic mass is 9.93. The first-order valence-electron chi connectivity index (χ1n) is 9.21. The quantitative estimate of drug-likeness (QED) is 0.704. The van der Waals surface area contributed by atoms with Crippen molar-refractivity contribution in [3.05, 3.63) is 29.3 Å². The monoisotopic (exact) mass is 318 g/mol. The number of hydrogen-bond donors (Lipinski definition) is 0. The van der Waals surface area contributed by atoms with E-state index in [1.54, 1.807) is 0 Å². The number of rotatable bonds is 7. The van der Waals surface area contributed by atoms with E-state index in [1.807, 2.05) is 0 Å². The second kappa shape index (κ2) is 8.70.